The van der Waals surface area contributed by atoms with E-state index in [1.165, 1.54) is 0 Å². The van der Waals surface area contributed by atoms with E-state index in [-0.39, 0.29) is 6.42 Å². The predicted octanol–water partition coefficient (Wildman–Crippen LogP) is 5.01. The number of fused-ring (bicyclic) bond motifs is 1. The monoisotopic (exact) mass is 453 g/mol. The molecule has 0 atom stereocenters. The quantitative estimate of drug-likeness (QED) is 0.316. The number of hydrogen-bond donors (Lipinski definition) is 2. The SMILES string of the molecule is [C-]#[N+]c1cc2nc(N(C)c3cccc(C(=O)NOC(=O)CCc4ccccc4)c3)[nH]c2cc1C. The van der Waals surface area contributed by atoms with Gasteiger partial charge in [0.25, 0.3) is 5.91 Å². The average Bonchev–Trinajstić information content (AvgIpc) is 3.28. The van der Waals surface area contributed by atoms with Crippen molar-refractivity contribution in [3.8, 4) is 0 Å². The lowest BCUT2D eigenvalue weighted by Gasteiger charge is -2.16. The number of nitrogens with zero attached hydrogens (tertiary/aromatic N) is 3. The first kappa shape index (κ1) is 22.6. The van der Waals surface area contributed by atoms with Crippen LogP contribution in [0.5, 0.6) is 0 Å². The summed E-state index contributed by atoms with van der Waals surface area (Å²) in [6.45, 7) is 9.16. The molecule has 0 aliphatic heterocycles. The summed E-state index contributed by atoms with van der Waals surface area (Å²) in [5, 5.41) is 0. The smallest absolute Gasteiger partial charge is 0.332 e. The van der Waals surface area contributed by atoms with Crippen molar-refractivity contribution in [2.24, 2.45) is 0 Å². The Morgan fingerprint density at radius 2 is 1.91 bits per heavy atom. The van der Waals surface area contributed by atoms with E-state index >= 15 is 0 Å². The Morgan fingerprint density at radius 3 is 2.68 bits per heavy atom. The summed E-state index contributed by atoms with van der Waals surface area (Å²) in [5.41, 5.74) is 7.24. The van der Waals surface area contributed by atoms with Crippen molar-refractivity contribution < 1.29 is 14.4 Å². The highest BCUT2D eigenvalue weighted by Crippen LogP contribution is 2.28. The minimum Gasteiger partial charge on any atom is -0.341 e. The number of carbonyl (C=O) groups is 2. The highest BCUT2D eigenvalue weighted by atomic mass is 16.7. The second-order valence-electron chi connectivity index (χ2n) is 7.83. The number of nitrogens with one attached hydrogen (secondary N) is 2. The fourth-order valence-corrected chi connectivity index (χ4v) is 3.50. The van der Waals surface area contributed by atoms with E-state index in [0.29, 0.717) is 34.8 Å². The number of H-pyrrole nitrogens is 1. The molecule has 0 fully saturated rings. The lowest BCUT2D eigenvalue weighted by Crippen LogP contribution is -2.27. The summed E-state index contributed by atoms with van der Waals surface area (Å²) in [5.74, 6) is -0.464. The van der Waals surface area contributed by atoms with Gasteiger partial charge in [-0.05, 0) is 54.8 Å². The van der Waals surface area contributed by atoms with Gasteiger partial charge in [0.05, 0.1) is 24.0 Å². The molecule has 1 amide bonds. The van der Waals surface area contributed by atoms with E-state index in [1.54, 1.807) is 29.2 Å². The van der Waals surface area contributed by atoms with Crippen molar-refractivity contribution in [3.63, 3.8) is 0 Å². The molecule has 0 aliphatic carbocycles. The van der Waals surface area contributed by atoms with Crippen LogP contribution in [0, 0.1) is 13.5 Å². The number of benzene rings is 3. The first-order chi connectivity index (χ1) is 16.4. The van der Waals surface area contributed by atoms with E-state index in [9.17, 15) is 9.59 Å². The molecule has 1 heterocycles. The van der Waals surface area contributed by atoms with E-state index in [0.717, 1.165) is 16.6 Å². The standard InChI is InChI=1S/C26H23N5O3/c1-17-14-22-23(16-21(17)27-2)29-26(28-22)31(3)20-11-7-10-19(15-20)25(33)30-34-24(32)13-12-18-8-5-4-6-9-18/h4-11,14-16H,12-13H2,1,3H3,(H,28,29)(H,30,33). The molecule has 3 aromatic carbocycles. The molecule has 0 radical (unpaired) electrons. The molecule has 4 aromatic rings. The van der Waals surface area contributed by atoms with Gasteiger partial charge in [-0.3, -0.25) is 4.79 Å². The minimum atomic E-state index is -0.523. The molecule has 34 heavy (non-hydrogen) atoms. The van der Waals surface area contributed by atoms with Gasteiger partial charge in [-0.1, -0.05) is 36.4 Å². The molecule has 8 heteroatoms. The van der Waals surface area contributed by atoms with Gasteiger partial charge >= 0.3 is 5.97 Å². The van der Waals surface area contributed by atoms with E-state index in [4.69, 9.17) is 11.4 Å². The Labute approximate surface area is 197 Å². The minimum absolute atomic E-state index is 0.161. The number of hydrogen-bond acceptors (Lipinski definition) is 5. The normalized spacial score (nSPS) is 10.5. The van der Waals surface area contributed by atoms with Crippen LogP contribution in [0.3, 0.4) is 0 Å². The van der Waals surface area contributed by atoms with Gasteiger partial charge in [-0.15, -0.1) is 0 Å². The van der Waals surface area contributed by atoms with Crippen LogP contribution >= 0.6 is 0 Å². The Bertz CT molecular complexity index is 1390. The molecular weight excluding hydrogens is 430 g/mol. The molecule has 0 aliphatic rings. The van der Waals surface area contributed by atoms with Crippen LogP contribution in [-0.4, -0.2) is 28.9 Å². The van der Waals surface area contributed by atoms with Crippen molar-refractivity contribution >= 4 is 40.2 Å². The second-order valence-corrected chi connectivity index (χ2v) is 7.83. The highest BCUT2D eigenvalue weighted by molar-refractivity contribution is 5.95. The van der Waals surface area contributed by atoms with Gasteiger partial charge < -0.3 is 14.7 Å². The maximum absolute atomic E-state index is 12.5. The fourth-order valence-electron chi connectivity index (χ4n) is 3.50. The molecule has 2 N–H and O–H groups in total. The highest BCUT2D eigenvalue weighted by Gasteiger charge is 2.14. The molecular formula is C26H23N5O3. The Balaban J connectivity index is 1.41. The number of aryl methyl sites for hydroxylation is 2. The van der Waals surface area contributed by atoms with Gasteiger partial charge in [0.1, 0.15) is 0 Å². The van der Waals surface area contributed by atoms with Crippen LogP contribution in [0.25, 0.3) is 15.9 Å². The van der Waals surface area contributed by atoms with Crippen LogP contribution in [0.1, 0.15) is 27.9 Å². The third kappa shape index (κ3) is 5.05. The number of anilines is 2. The number of rotatable bonds is 6. The number of aromatic amines is 1. The number of carbonyl (C=O) groups excluding carboxylic acids is 2. The number of aromatic nitrogens is 2. The summed E-state index contributed by atoms with van der Waals surface area (Å²) < 4.78 is 0. The van der Waals surface area contributed by atoms with Crippen molar-refractivity contribution in [3.05, 3.63) is 94.8 Å². The maximum Gasteiger partial charge on any atom is 0.332 e. The van der Waals surface area contributed by atoms with Gasteiger partial charge in [-0.25, -0.2) is 14.6 Å². The molecule has 0 saturated heterocycles. The van der Waals surface area contributed by atoms with Crippen LogP contribution in [-0.2, 0) is 16.1 Å². The lowest BCUT2D eigenvalue weighted by atomic mass is 10.1. The topological polar surface area (TPSA) is 91.7 Å². The van der Waals surface area contributed by atoms with Crippen LogP contribution in [0.2, 0.25) is 0 Å². The molecule has 1 aromatic heterocycles. The van der Waals surface area contributed by atoms with E-state index in [1.807, 2.05) is 56.4 Å². The molecule has 170 valence electrons. The second kappa shape index (κ2) is 9.88. The zero-order valence-electron chi connectivity index (χ0n) is 18.8. The summed E-state index contributed by atoms with van der Waals surface area (Å²) in [7, 11) is 1.82. The Morgan fingerprint density at radius 1 is 1.12 bits per heavy atom. The summed E-state index contributed by atoms with van der Waals surface area (Å²) in [6.07, 6.45) is 0.692. The molecule has 0 bridgehead atoms. The fraction of sp³-hybridized carbons (Fsp3) is 0.154. The van der Waals surface area contributed by atoms with E-state index in [2.05, 4.69) is 20.3 Å². The van der Waals surface area contributed by atoms with Crippen molar-refractivity contribution in [1.82, 2.24) is 15.4 Å². The third-order valence-electron chi connectivity index (χ3n) is 5.44. The number of imidazole rings is 1. The third-order valence-corrected chi connectivity index (χ3v) is 5.44. The summed E-state index contributed by atoms with van der Waals surface area (Å²) >= 11 is 0. The molecule has 4 rings (SSSR count). The van der Waals surface area contributed by atoms with Gasteiger partial charge in [0, 0.05) is 18.3 Å². The predicted molar refractivity (Wildman–Crippen MR) is 130 cm³/mol. The molecule has 8 nitrogen and oxygen atoms in total. The Kier molecular flexibility index (Phi) is 6.55. The van der Waals surface area contributed by atoms with Gasteiger partial charge in [0.2, 0.25) is 5.95 Å². The van der Waals surface area contributed by atoms with Crippen molar-refractivity contribution in [1.29, 1.82) is 0 Å². The zero-order chi connectivity index (χ0) is 24.1. The lowest BCUT2D eigenvalue weighted by molar-refractivity contribution is -0.148. The van der Waals surface area contributed by atoms with Crippen LogP contribution in [0.4, 0.5) is 17.3 Å². The maximum atomic E-state index is 12.5. The average molecular weight is 454 g/mol. The Hall–Kier alpha value is -4.64. The zero-order valence-corrected chi connectivity index (χ0v) is 18.8. The van der Waals surface area contributed by atoms with Gasteiger partial charge in [0.15, 0.2) is 5.69 Å². The van der Waals surface area contributed by atoms with Gasteiger partial charge in [-0.2, -0.15) is 5.48 Å². The van der Waals surface area contributed by atoms with Crippen LogP contribution < -0.4 is 10.4 Å². The van der Waals surface area contributed by atoms with Crippen molar-refractivity contribution in [2.75, 3.05) is 11.9 Å². The largest absolute Gasteiger partial charge is 0.341 e. The number of amides is 1. The van der Waals surface area contributed by atoms with E-state index < -0.39 is 11.9 Å². The molecule has 0 spiro atoms. The first-order valence-electron chi connectivity index (χ1n) is 10.7. The first-order valence-corrected chi connectivity index (χ1v) is 10.7. The molecule has 0 saturated carbocycles. The summed E-state index contributed by atoms with van der Waals surface area (Å²) in [6, 6.07) is 20.1. The number of hydroxylamine groups is 1. The van der Waals surface area contributed by atoms with Crippen LogP contribution in [0.15, 0.2) is 66.7 Å². The van der Waals surface area contributed by atoms with Crippen molar-refractivity contribution in [2.45, 2.75) is 19.8 Å². The summed E-state index contributed by atoms with van der Waals surface area (Å²) in [4.78, 5) is 42.6. The molecule has 0 unspecified atom stereocenters.